The van der Waals surface area contributed by atoms with Crippen LogP contribution in [0.4, 0.5) is 10.1 Å². The second kappa shape index (κ2) is 8.95. The Morgan fingerprint density at radius 1 is 0.821 bits per heavy atom. The Morgan fingerprint density at radius 2 is 1.43 bits per heavy atom. The minimum absolute atomic E-state index is 0.212. The van der Waals surface area contributed by atoms with Crippen LogP contribution in [0.2, 0.25) is 0 Å². The number of hydrogen-bond acceptors (Lipinski definition) is 2. The largest absolute Gasteiger partial charge is 0.349 e. The van der Waals surface area contributed by atoms with E-state index >= 15 is 0 Å². The maximum absolute atomic E-state index is 13.7. The zero-order valence-electron chi connectivity index (χ0n) is 15.5. The number of halogens is 1. The maximum Gasteiger partial charge on any atom is 0.255 e. The summed E-state index contributed by atoms with van der Waals surface area (Å²) in [5.74, 6) is -0.733. The number of rotatable bonds is 6. The van der Waals surface area contributed by atoms with Crippen LogP contribution in [-0.2, 0) is 6.42 Å². The molecule has 28 heavy (non-hydrogen) atoms. The number of carbonyl (C=O) groups excluding carboxylic acids is 2. The summed E-state index contributed by atoms with van der Waals surface area (Å²) in [4.78, 5) is 24.6. The molecule has 1 unspecified atom stereocenters. The van der Waals surface area contributed by atoms with Crippen LogP contribution >= 0.6 is 0 Å². The van der Waals surface area contributed by atoms with Crippen molar-refractivity contribution in [2.45, 2.75) is 19.4 Å². The van der Waals surface area contributed by atoms with E-state index in [2.05, 4.69) is 10.6 Å². The van der Waals surface area contributed by atoms with Crippen molar-refractivity contribution in [1.29, 1.82) is 0 Å². The van der Waals surface area contributed by atoms with Gasteiger partial charge in [0.1, 0.15) is 5.82 Å². The zero-order chi connectivity index (χ0) is 19.9. The van der Waals surface area contributed by atoms with E-state index in [9.17, 15) is 14.0 Å². The van der Waals surface area contributed by atoms with Gasteiger partial charge in [-0.1, -0.05) is 36.4 Å². The molecule has 4 nitrogen and oxygen atoms in total. The third-order valence-electron chi connectivity index (χ3n) is 4.30. The van der Waals surface area contributed by atoms with Crippen molar-refractivity contribution in [2.24, 2.45) is 0 Å². The van der Waals surface area contributed by atoms with Crippen LogP contribution in [0.5, 0.6) is 0 Å². The Labute approximate surface area is 163 Å². The van der Waals surface area contributed by atoms with Gasteiger partial charge in [0.15, 0.2) is 0 Å². The highest BCUT2D eigenvalue weighted by Gasteiger charge is 2.12. The lowest BCUT2D eigenvalue weighted by molar-refractivity contribution is 0.0939. The van der Waals surface area contributed by atoms with Crippen LogP contribution in [0.3, 0.4) is 0 Å². The molecule has 3 aromatic carbocycles. The molecule has 2 amide bonds. The molecule has 3 aromatic rings. The Hall–Kier alpha value is -3.47. The number of hydrogen-bond donors (Lipinski definition) is 2. The van der Waals surface area contributed by atoms with Crippen LogP contribution in [-0.4, -0.2) is 17.9 Å². The highest BCUT2D eigenvalue weighted by Crippen LogP contribution is 2.13. The smallest absolute Gasteiger partial charge is 0.255 e. The third kappa shape index (κ3) is 5.04. The molecule has 0 saturated heterocycles. The minimum atomic E-state index is -0.276. The summed E-state index contributed by atoms with van der Waals surface area (Å²) in [6.07, 6.45) is 0.406. The third-order valence-corrected chi connectivity index (χ3v) is 4.30. The van der Waals surface area contributed by atoms with Crippen molar-refractivity contribution in [3.05, 3.63) is 101 Å². The molecule has 0 spiro atoms. The van der Waals surface area contributed by atoms with Gasteiger partial charge in [-0.05, 0) is 61.4 Å². The lowest BCUT2D eigenvalue weighted by atomic mass is 10.1. The number of anilines is 1. The van der Waals surface area contributed by atoms with Gasteiger partial charge in [0, 0.05) is 22.9 Å². The van der Waals surface area contributed by atoms with Crippen LogP contribution < -0.4 is 10.6 Å². The summed E-state index contributed by atoms with van der Waals surface area (Å²) in [5, 5.41) is 5.66. The standard InChI is InChI=1S/C23H21FN2O2/c1-16(15-19-9-5-6-10-21(19)24)25-22(27)18-11-13-20(14-12-18)26-23(28)17-7-3-2-4-8-17/h2-14,16H,15H2,1H3,(H,25,27)(H,26,28). The molecule has 0 aliphatic rings. The molecule has 0 heterocycles. The molecule has 3 rings (SSSR count). The van der Waals surface area contributed by atoms with Crippen molar-refractivity contribution in [3.8, 4) is 0 Å². The van der Waals surface area contributed by atoms with E-state index in [1.165, 1.54) is 6.07 Å². The number of amides is 2. The molecule has 0 bridgehead atoms. The second-order valence-corrected chi connectivity index (χ2v) is 6.57. The first-order valence-electron chi connectivity index (χ1n) is 9.03. The first-order chi connectivity index (χ1) is 13.5. The normalized spacial score (nSPS) is 11.5. The van der Waals surface area contributed by atoms with Crippen molar-refractivity contribution in [1.82, 2.24) is 5.32 Å². The summed E-state index contributed by atoms with van der Waals surface area (Å²) in [7, 11) is 0. The number of nitrogens with one attached hydrogen (secondary N) is 2. The van der Waals surface area contributed by atoms with Gasteiger partial charge in [0.05, 0.1) is 0 Å². The van der Waals surface area contributed by atoms with Gasteiger partial charge in [-0.2, -0.15) is 0 Å². The van der Waals surface area contributed by atoms with Crippen LogP contribution in [0.1, 0.15) is 33.2 Å². The lowest BCUT2D eigenvalue weighted by Gasteiger charge is -2.15. The van der Waals surface area contributed by atoms with Gasteiger partial charge >= 0.3 is 0 Å². The van der Waals surface area contributed by atoms with Gasteiger partial charge in [-0.25, -0.2) is 4.39 Å². The van der Waals surface area contributed by atoms with Gasteiger partial charge in [0.2, 0.25) is 0 Å². The Kier molecular flexibility index (Phi) is 6.17. The van der Waals surface area contributed by atoms with Gasteiger partial charge in [-0.15, -0.1) is 0 Å². The predicted molar refractivity (Wildman–Crippen MR) is 108 cm³/mol. The molecule has 0 fully saturated rings. The fourth-order valence-electron chi connectivity index (χ4n) is 2.85. The molecule has 0 aliphatic carbocycles. The predicted octanol–water partition coefficient (Wildman–Crippen LogP) is 4.44. The first-order valence-corrected chi connectivity index (χ1v) is 9.03. The quantitative estimate of drug-likeness (QED) is 0.668. The highest BCUT2D eigenvalue weighted by atomic mass is 19.1. The summed E-state index contributed by atoms with van der Waals surface area (Å²) in [6, 6.07) is 21.9. The molecule has 2 N–H and O–H groups in total. The SMILES string of the molecule is CC(Cc1ccccc1F)NC(=O)c1ccc(NC(=O)c2ccccc2)cc1. The zero-order valence-corrected chi connectivity index (χ0v) is 15.5. The maximum atomic E-state index is 13.7. The van der Waals surface area contributed by atoms with Crippen molar-refractivity contribution >= 4 is 17.5 Å². The molecule has 0 aromatic heterocycles. The fourth-order valence-corrected chi connectivity index (χ4v) is 2.85. The van der Waals surface area contributed by atoms with Crippen LogP contribution in [0.25, 0.3) is 0 Å². The Bertz CT molecular complexity index is 956. The topological polar surface area (TPSA) is 58.2 Å². The van der Waals surface area contributed by atoms with E-state index in [0.717, 1.165) is 0 Å². The van der Waals surface area contributed by atoms with E-state index in [-0.39, 0.29) is 23.7 Å². The monoisotopic (exact) mass is 376 g/mol. The van der Waals surface area contributed by atoms with Crippen molar-refractivity contribution in [3.63, 3.8) is 0 Å². The summed E-state index contributed by atoms with van der Waals surface area (Å²) in [5.41, 5.74) is 2.20. The lowest BCUT2D eigenvalue weighted by Crippen LogP contribution is -2.34. The summed E-state index contributed by atoms with van der Waals surface area (Å²) >= 11 is 0. The molecular weight excluding hydrogens is 355 g/mol. The molecule has 142 valence electrons. The molecule has 0 radical (unpaired) electrons. The van der Waals surface area contributed by atoms with Crippen LogP contribution in [0.15, 0.2) is 78.9 Å². The molecular formula is C23H21FN2O2. The minimum Gasteiger partial charge on any atom is -0.349 e. The second-order valence-electron chi connectivity index (χ2n) is 6.57. The highest BCUT2D eigenvalue weighted by molar-refractivity contribution is 6.04. The molecule has 1 atom stereocenters. The van der Waals surface area contributed by atoms with Gasteiger partial charge < -0.3 is 10.6 Å². The molecule has 0 saturated carbocycles. The Morgan fingerprint density at radius 3 is 2.11 bits per heavy atom. The van der Waals surface area contributed by atoms with Crippen molar-refractivity contribution < 1.29 is 14.0 Å². The van der Waals surface area contributed by atoms with E-state index < -0.39 is 0 Å². The molecule has 5 heteroatoms. The number of benzene rings is 3. The fraction of sp³-hybridized carbons (Fsp3) is 0.130. The summed E-state index contributed by atoms with van der Waals surface area (Å²) < 4.78 is 13.7. The average molecular weight is 376 g/mol. The van der Waals surface area contributed by atoms with E-state index in [1.54, 1.807) is 66.7 Å². The average Bonchev–Trinajstić information content (AvgIpc) is 2.71. The van der Waals surface area contributed by atoms with Crippen LogP contribution in [0, 0.1) is 5.82 Å². The van der Waals surface area contributed by atoms with E-state index in [1.807, 2.05) is 13.0 Å². The molecule has 0 aliphatic heterocycles. The van der Waals surface area contributed by atoms with Gasteiger partial charge in [-0.3, -0.25) is 9.59 Å². The van der Waals surface area contributed by atoms with Gasteiger partial charge in [0.25, 0.3) is 11.8 Å². The summed E-state index contributed by atoms with van der Waals surface area (Å²) in [6.45, 7) is 1.83. The van der Waals surface area contributed by atoms with E-state index in [4.69, 9.17) is 0 Å². The Balaban J connectivity index is 1.57. The number of carbonyl (C=O) groups is 2. The first kappa shape index (κ1) is 19.3. The van der Waals surface area contributed by atoms with Crippen molar-refractivity contribution in [2.75, 3.05) is 5.32 Å². The van der Waals surface area contributed by atoms with E-state index in [0.29, 0.717) is 28.8 Å².